The van der Waals surface area contributed by atoms with E-state index in [0.29, 0.717) is 46.6 Å². The number of carbonyl (C=O) groups is 2. The summed E-state index contributed by atoms with van der Waals surface area (Å²) in [4.78, 5) is 37.6. The Morgan fingerprint density at radius 3 is 2.50 bits per heavy atom. The van der Waals surface area contributed by atoms with E-state index in [-0.39, 0.29) is 12.5 Å². The lowest BCUT2D eigenvalue weighted by molar-refractivity contribution is -0.115. The van der Waals surface area contributed by atoms with Crippen LogP contribution in [0.4, 0.5) is 16.2 Å². The molecule has 42 heavy (non-hydrogen) atoms. The summed E-state index contributed by atoms with van der Waals surface area (Å²) in [5.41, 5.74) is 12.9. The van der Waals surface area contributed by atoms with Crippen molar-refractivity contribution in [2.75, 3.05) is 19.8 Å². The van der Waals surface area contributed by atoms with Crippen molar-refractivity contribution < 1.29 is 9.59 Å². The molecular formula is C33H41N7O2. The van der Waals surface area contributed by atoms with E-state index in [1.165, 1.54) is 15.4 Å². The summed E-state index contributed by atoms with van der Waals surface area (Å²) in [6, 6.07) is 12.1. The van der Waals surface area contributed by atoms with Crippen LogP contribution in [-0.2, 0) is 17.8 Å². The normalized spacial score (nSPS) is 12.7. The Bertz CT molecular complexity index is 1480. The molecule has 0 saturated carbocycles. The van der Waals surface area contributed by atoms with Gasteiger partial charge in [-0.3, -0.25) is 24.9 Å². The Labute approximate surface area is 249 Å². The minimum Gasteiger partial charge on any atom is -0.398 e. The summed E-state index contributed by atoms with van der Waals surface area (Å²) in [7, 11) is 3.30. The number of aliphatic imine (C=N–C) groups is 2. The molecule has 3 amide bonds. The molecule has 3 N–H and O–H groups in total. The zero-order chi connectivity index (χ0) is 31.2. The first-order valence-corrected chi connectivity index (χ1v) is 13.8. The number of guanidine groups is 1. The Kier molecular flexibility index (Phi) is 12.9. The lowest BCUT2D eigenvalue weighted by Crippen LogP contribution is -2.47. The number of hydrogen-bond acceptors (Lipinski definition) is 6. The number of nitrogens with two attached hydrogens (primary N) is 1. The average Bonchev–Trinajstić information content (AvgIpc) is 2.99. The lowest BCUT2D eigenvalue weighted by Gasteiger charge is -2.25. The maximum Gasteiger partial charge on any atom is 0.328 e. The number of nitrogen functional groups attached to an aromatic ring is 1. The summed E-state index contributed by atoms with van der Waals surface area (Å²) in [6.45, 7) is 10.0. The van der Waals surface area contributed by atoms with E-state index in [1.54, 1.807) is 50.6 Å². The number of carbonyl (C=O) groups excluding carboxylic acids is 2. The topological polar surface area (TPSA) is 127 Å². The quantitative estimate of drug-likeness (QED) is 0.116. The molecule has 0 fully saturated rings. The minimum atomic E-state index is -0.483. The molecule has 0 aliphatic heterocycles. The van der Waals surface area contributed by atoms with Gasteiger partial charge >= 0.3 is 6.03 Å². The molecule has 0 aliphatic rings. The van der Waals surface area contributed by atoms with Gasteiger partial charge < -0.3 is 5.73 Å². The molecule has 9 nitrogen and oxygen atoms in total. The first-order chi connectivity index (χ1) is 20.1. The van der Waals surface area contributed by atoms with Gasteiger partial charge in [-0.25, -0.2) is 9.79 Å². The van der Waals surface area contributed by atoms with Gasteiger partial charge in [-0.2, -0.15) is 5.26 Å². The van der Waals surface area contributed by atoms with Crippen molar-refractivity contribution in [3.05, 3.63) is 93.7 Å². The lowest BCUT2D eigenvalue weighted by atomic mass is 10.1. The standard InChI is InChI=1S/C33H41N7O2/c1-8-23(4)14-24(5)15-29(10-3)39(7)33(42)38-32(40(22-41)21-26-13-11-12-25(16-26)19-34)37-31-18-28(20-36-6)30(35)17-27(31)9-2/h10-18,20,22H,8-9,21,35H2,1-7H3,(H,37,38,42)/b23-14+,24-15-,29-10+,36-20?. The van der Waals surface area contributed by atoms with Gasteiger partial charge in [0.25, 0.3) is 0 Å². The smallest absolute Gasteiger partial charge is 0.328 e. The molecule has 2 aromatic rings. The second-order valence-electron chi connectivity index (χ2n) is 9.77. The number of amides is 3. The van der Waals surface area contributed by atoms with Crippen molar-refractivity contribution in [1.82, 2.24) is 15.1 Å². The number of urea groups is 1. The predicted octanol–water partition coefficient (Wildman–Crippen LogP) is 6.25. The molecule has 0 atom stereocenters. The summed E-state index contributed by atoms with van der Waals surface area (Å²) in [5, 5.41) is 12.2. The van der Waals surface area contributed by atoms with E-state index in [2.05, 4.69) is 36.3 Å². The number of aryl methyl sites for hydroxylation is 1. The van der Waals surface area contributed by atoms with Crippen molar-refractivity contribution in [3.63, 3.8) is 0 Å². The molecule has 0 unspecified atom stereocenters. The summed E-state index contributed by atoms with van der Waals surface area (Å²) in [5.74, 6) is 0.0287. The Morgan fingerprint density at radius 2 is 1.90 bits per heavy atom. The van der Waals surface area contributed by atoms with E-state index in [1.807, 2.05) is 39.0 Å². The van der Waals surface area contributed by atoms with Crippen molar-refractivity contribution in [2.45, 2.75) is 54.0 Å². The fourth-order valence-corrected chi connectivity index (χ4v) is 4.12. The Balaban J connectivity index is 2.60. The largest absolute Gasteiger partial charge is 0.398 e. The zero-order valence-electron chi connectivity index (χ0n) is 25.6. The van der Waals surface area contributed by atoms with Crippen LogP contribution < -0.4 is 11.1 Å². The average molecular weight is 568 g/mol. The van der Waals surface area contributed by atoms with Crippen LogP contribution in [0.5, 0.6) is 0 Å². The third-order valence-corrected chi connectivity index (χ3v) is 6.58. The number of nitrogens with zero attached hydrogens (tertiary/aromatic N) is 5. The van der Waals surface area contributed by atoms with Gasteiger partial charge in [0, 0.05) is 37.3 Å². The molecule has 0 radical (unpaired) electrons. The van der Waals surface area contributed by atoms with E-state index >= 15 is 0 Å². The fraction of sp³-hybridized carbons (Fsp3) is 0.303. The maximum atomic E-state index is 13.6. The Hall–Kier alpha value is -4.97. The van der Waals surface area contributed by atoms with Crippen molar-refractivity contribution >= 4 is 36.0 Å². The van der Waals surface area contributed by atoms with Crippen molar-refractivity contribution in [2.24, 2.45) is 9.98 Å². The van der Waals surface area contributed by atoms with Crippen LogP contribution >= 0.6 is 0 Å². The van der Waals surface area contributed by atoms with Gasteiger partial charge in [-0.1, -0.05) is 43.7 Å². The molecule has 0 bridgehead atoms. The highest BCUT2D eigenvalue weighted by Gasteiger charge is 2.20. The number of likely N-dealkylation sites (N-methyl/N-ethyl adjacent to an activating group) is 1. The van der Waals surface area contributed by atoms with Crippen LogP contribution in [-0.4, -0.2) is 48.5 Å². The molecule has 2 aromatic carbocycles. The minimum absolute atomic E-state index is 0.0287. The highest BCUT2D eigenvalue weighted by Crippen LogP contribution is 2.26. The number of hydrogen-bond donors (Lipinski definition) is 2. The summed E-state index contributed by atoms with van der Waals surface area (Å²) >= 11 is 0. The first-order valence-electron chi connectivity index (χ1n) is 13.8. The number of nitriles is 1. The zero-order valence-corrected chi connectivity index (χ0v) is 25.6. The molecule has 0 saturated heterocycles. The third-order valence-electron chi connectivity index (χ3n) is 6.58. The van der Waals surface area contributed by atoms with Gasteiger partial charge in [0.1, 0.15) is 0 Å². The summed E-state index contributed by atoms with van der Waals surface area (Å²) < 4.78 is 0. The first kappa shape index (κ1) is 33.2. The van der Waals surface area contributed by atoms with E-state index in [4.69, 9.17) is 10.7 Å². The molecule has 2 rings (SSSR count). The molecule has 0 heterocycles. The molecule has 0 aliphatic carbocycles. The van der Waals surface area contributed by atoms with Crippen LogP contribution in [0.2, 0.25) is 0 Å². The van der Waals surface area contributed by atoms with Gasteiger partial charge in [0.2, 0.25) is 12.4 Å². The van der Waals surface area contributed by atoms with Gasteiger partial charge in [-0.05, 0) is 80.7 Å². The van der Waals surface area contributed by atoms with E-state index in [0.717, 1.165) is 17.6 Å². The predicted molar refractivity (Wildman–Crippen MR) is 171 cm³/mol. The summed E-state index contributed by atoms with van der Waals surface area (Å²) in [6.07, 6.45) is 9.63. The number of benzene rings is 2. The SMILES string of the molecule is C\C=C(/C=C(C)\C=C(/C)CC)N(C)C(=O)NC(=Nc1cc(C=NC)c(N)cc1CC)N(C=O)Cc1cccc(C#N)c1. The highest BCUT2D eigenvalue weighted by molar-refractivity contribution is 6.02. The molecule has 0 aromatic heterocycles. The second kappa shape index (κ2) is 16.3. The molecule has 220 valence electrons. The number of rotatable bonds is 10. The third kappa shape index (κ3) is 9.30. The van der Waals surface area contributed by atoms with E-state index < -0.39 is 6.03 Å². The van der Waals surface area contributed by atoms with Crippen LogP contribution in [0, 0.1) is 11.3 Å². The van der Waals surface area contributed by atoms with Gasteiger partial charge in [0.15, 0.2) is 0 Å². The van der Waals surface area contributed by atoms with Crippen molar-refractivity contribution in [3.8, 4) is 6.07 Å². The monoisotopic (exact) mass is 567 g/mol. The van der Waals surface area contributed by atoms with Crippen LogP contribution in [0.3, 0.4) is 0 Å². The molecule has 0 spiro atoms. The highest BCUT2D eigenvalue weighted by atomic mass is 16.2. The van der Waals surface area contributed by atoms with Crippen LogP contribution in [0.25, 0.3) is 0 Å². The number of allylic oxidation sites excluding steroid dienone is 5. The second-order valence-corrected chi connectivity index (χ2v) is 9.77. The fourth-order valence-electron chi connectivity index (χ4n) is 4.12. The van der Waals surface area contributed by atoms with Crippen LogP contribution in [0.1, 0.15) is 63.3 Å². The van der Waals surface area contributed by atoms with Crippen LogP contribution in [0.15, 0.2) is 81.5 Å². The van der Waals surface area contributed by atoms with Crippen molar-refractivity contribution in [1.29, 1.82) is 5.26 Å². The number of nitrogens with one attached hydrogen (secondary N) is 1. The Morgan fingerprint density at radius 1 is 1.17 bits per heavy atom. The molecule has 9 heteroatoms. The van der Waals surface area contributed by atoms with E-state index in [9.17, 15) is 14.9 Å². The van der Waals surface area contributed by atoms with Gasteiger partial charge in [-0.15, -0.1) is 0 Å². The number of anilines is 1. The molecular weight excluding hydrogens is 526 g/mol. The van der Waals surface area contributed by atoms with Gasteiger partial charge in [0.05, 0.1) is 23.9 Å². The maximum absolute atomic E-state index is 13.6.